The number of carbonyl (C=O) groups excluding carboxylic acids is 1. The first kappa shape index (κ1) is 17.5. The summed E-state index contributed by atoms with van der Waals surface area (Å²) in [5, 5.41) is 11.6. The van der Waals surface area contributed by atoms with Crippen molar-refractivity contribution in [3.8, 4) is 0 Å². The second-order valence-corrected chi connectivity index (χ2v) is 7.19. The average molecular weight is 365 g/mol. The van der Waals surface area contributed by atoms with Crippen LogP contribution >= 0.6 is 0 Å². The van der Waals surface area contributed by atoms with Crippen LogP contribution in [0.2, 0.25) is 0 Å². The lowest BCUT2D eigenvalue weighted by Gasteiger charge is -2.26. The quantitative estimate of drug-likeness (QED) is 0.683. The van der Waals surface area contributed by atoms with E-state index < -0.39 is 0 Å². The van der Waals surface area contributed by atoms with Crippen molar-refractivity contribution in [3.05, 3.63) is 51.4 Å². The summed E-state index contributed by atoms with van der Waals surface area (Å²) in [5.74, 6) is -0.361. The van der Waals surface area contributed by atoms with E-state index in [4.69, 9.17) is 10.4 Å². The highest BCUT2D eigenvalue weighted by Gasteiger charge is 2.23. The minimum absolute atomic E-state index is 0.0803. The highest BCUT2D eigenvalue weighted by atomic mass is 16.1. The van der Waals surface area contributed by atoms with Gasteiger partial charge in [0.1, 0.15) is 16.8 Å². The van der Waals surface area contributed by atoms with Crippen LogP contribution in [0.3, 0.4) is 0 Å². The van der Waals surface area contributed by atoms with Crippen molar-refractivity contribution >= 4 is 22.6 Å². The van der Waals surface area contributed by atoms with Gasteiger partial charge in [-0.3, -0.25) is 19.4 Å². The molecular weight excluding hydrogens is 342 g/mol. The number of amides is 1. The molecule has 2 N–H and O–H groups in total. The Kier molecular flexibility index (Phi) is 4.30. The second-order valence-electron chi connectivity index (χ2n) is 7.19. The molecule has 0 aliphatic heterocycles. The summed E-state index contributed by atoms with van der Waals surface area (Å²) in [7, 11) is 1.53. The van der Waals surface area contributed by atoms with E-state index in [1.54, 1.807) is 6.20 Å². The van der Waals surface area contributed by atoms with Gasteiger partial charge in [0.2, 0.25) is 0 Å². The SMILES string of the molecule is CNC(=O)c1cc2c(=O)n3cccc(C)c3nc2n(C2CCCCC2)c1=N. The number of carbonyl (C=O) groups is 1. The van der Waals surface area contributed by atoms with Crippen LogP contribution in [-0.2, 0) is 0 Å². The van der Waals surface area contributed by atoms with Crippen LogP contribution in [0, 0.1) is 12.3 Å². The lowest BCUT2D eigenvalue weighted by Crippen LogP contribution is -2.36. The zero-order valence-electron chi connectivity index (χ0n) is 15.6. The van der Waals surface area contributed by atoms with E-state index in [0.29, 0.717) is 16.7 Å². The molecule has 27 heavy (non-hydrogen) atoms. The van der Waals surface area contributed by atoms with E-state index in [1.165, 1.54) is 23.9 Å². The van der Waals surface area contributed by atoms with Crippen molar-refractivity contribution in [2.45, 2.75) is 45.1 Å². The van der Waals surface area contributed by atoms with Gasteiger partial charge in [-0.2, -0.15) is 0 Å². The van der Waals surface area contributed by atoms with Gasteiger partial charge < -0.3 is 9.88 Å². The fraction of sp³-hybridized carbons (Fsp3) is 0.400. The number of aryl methyl sites for hydroxylation is 1. The zero-order chi connectivity index (χ0) is 19.1. The number of fused-ring (bicyclic) bond motifs is 2. The van der Waals surface area contributed by atoms with Gasteiger partial charge in [-0.25, -0.2) is 4.98 Å². The first-order valence-corrected chi connectivity index (χ1v) is 9.37. The lowest BCUT2D eigenvalue weighted by molar-refractivity contribution is 0.0960. The Balaban J connectivity index is 2.16. The van der Waals surface area contributed by atoms with E-state index in [0.717, 1.165) is 31.2 Å². The Morgan fingerprint density at radius 1 is 1.26 bits per heavy atom. The number of nitrogens with zero attached hydrogens (tertiary/aromatic N) is 3. The topological polar surface area (TPSA) is 92.2 Å². The second kappa shape index (κ2) is 6.64. The van der Waals surface area contributed by atoms with Crippen molar-refractivity contribution in [1.29, 1.82) is 5.41 Å². The summed E-state index contributed by atoms with van der Waals surface area (Å²) in [5.41, 5.74) is 2.10. The Hall–Kier alpha value is -2.96. The highest BCUT2D eigenvalue weighted by molar-refractivity contribution is 5.96. The van der Waals surface area contributed by atoms with Gasteiger partial charge in [0.15, 0.2) is 0 Å². The Bertz CT molecular complexity index is 1170. The van der Waals surface area contributed by atoms with Crippen molar-refractivity contribution < 1.29 is 4.79 Å². The molecule has 3 aromatic heterocycles. The number of hydrogen-bond acceptors (Lipinski definition) is 4. The first-order valence-electron chi connectivity index (χ1n) is 9.37. The third-order valence-electron chi connectivity index (χ3n) is 5.49. The van der Waals surface area contributed by atoms with Crippen LogP contribution < -0.4 is 16.4 Å². The first-order chi connectivity index (χ1) is 13.0. The summed E-state index contributed by atoms with van der Waals surface area (Å²) >= 11 is 0. The van der Waals surface area contributed by atoms with Crippen LogP contribution in [0.4, 0.5) is 0 Å². The van der Waals surface area contributed by atoms with Crippen molar-refractivity contribution in [1.82, 2.24) is 19.3 Å². The number of nitrogens with one attached hydrogen (secondary N) is 2. The number of rotatable bonds is 2. The Labute approximate surface area is 156 Å². The van der Waals surface area contributed by atoms with E-state index >= 15 is 0 Å². The fourth-order valence-corrected chi connectivity index (χ4v) is 4.06. The maximum Gasteiger partial charge on any atom is 0.267 e. The molecule has 1 saturated carbocycles. The fourth-order valence-electron chi connectivity index (χ4n) is 4.06. The molecule has 0 saturated heterocycles. The largest absolute Gasteiger partial charge is 0.355 e. The van der Waals surface area contributed by atoms with Gasteiger partial charge in [0, 0.05) is 19.3 Å². The highest BCUT2D eigenvalue weighted by Crippen LogP contribution is 2.29. The summed E-state index contributed by atoms with van der Waals surface area (Å²) in [6.07, 6.45) is 6.88. The molecule has 0 radical (unpaired) electrons. The monoisotopic (exact) mass is 365 g/mol. The summed E-state index contributed by atoms with van der Waals surface area (Å²) in [4.78, 5) is 30.3. The number of hydrogen-bond donors (Lipinski definition) is 2. The molecule has 0 unspecified atom stereocenters. The van der Waals surface area contributed by atoms with Crippen molar-refractivity contribution in [2.24, 2.45) is 0 Å². The van der Waals surface area contributed by atoms with Gasteiger partial charge in [-0.15, -0.1) is 0 Å². The predicted molar refractivity (Wildman–Crippen MR) is 103 cm³/mol. The molecule has 7 nitrogen and oxygen atoms in total. The normalized spacial score (nSPS) is 15.3. The lowest BCUT2D eigenvalue weighted by atomic mass is 9.94. The Morgan fingerprint density at radius 3 is 2.70 bits per heavy atom. The summed E-state index contributed by atoms with van der Waals surface area (Å²) in [6.45, 7) is 1.92. The van der Waals surface area contributed by atoms with Crippen molar-refractivity contribution in [3.63, 3.8) is 0 Å². The van der Waals surface area contributed by atoms with Crippen LogP contribution in [0.15, 0.2) is 29.2 Å². The van der Waals surface area contributed by atoms with Gasteiger partial charge in [-0.05, 0) is 37.5 Å². The molecule has 1 aliphatic rings. The molecule has 4 rings (SSSR count). The molecular formula is C20H23N5O2. The zero-order valence-corrected chi connectivity index (χ0v) is 15.6. The van der Waals surface area contributed by atoms with Crippen molar-refractivity contribution in [2.75, 3.05) is 7.05 Å². The minimum Gasteiger partial charge on any atom is -0.355 e. The van der Waals surface area contributed by atoms with Crippen LogP contribution in [0.1, 0.15) is 54.1 Å². The molecule has 0 bridgehead atoms. The van der Waals surface area contributed by atoms with Gasteiger partial charge in [-0.1, -0.05) is 25.3 Å². The molecule has 0 aromatic carbocycles. The predicted octanol–water partition coefficient (Wildman–Crippen LogP) is 2.30. The number of aromatic nitrogens is 3. The van der Waals surface area contributed by atoms with E-state index in [1.807, 2.05) is 23.6 Å². The van der Waals surface area contributed by atoms with E-state index in [9.17, 15) is 9.59 Å². The minimum atomic E-state index is -0.361. The maximum absolute atomic E-state index is 13.2. The molecule has 0 atom stereocenters. The standard InChI is InChI=1S/C20H23N5O2/c1-12-7-6-10-24-17(12)23-18-15(20(24)27)11-14(19(26)22-2)16(21)25(18)13-8-4-3-5-9-13/h6-7,10-11,13,21H,3-5,8-9H2,1-2H3,(H,22,26). The third kappa shape index (κ3) is 2.74. The van der Waals surface area contributed by atoms with Crippen LogP contribution in [-0.4, -0.2) is 26.9 Å². The summed E-state index contributed by atoms with van der Waals surface area (Å²) in [6, 6.07) is 5.32. The number of pyridine rings is 2. The third-order valence-corrected chi connectivity index (χ3v) is 5.49. The average Bonchev–Trinajstić information content (AvgIpc) is 2.69. The van der Waals surface area contributed by atoms with Crippen LogP contribution in [0.25, 0.3) is 16.7 Å². The van der Waals surface area contributed by atoms with Crippen LogP contribution in [0.5, 0.6) is 0 Å². The molecule has 3 aromatic rings. The molecule has 140 valence electrons. The molecule has 7 heteroatoms. The smallest absolute Gasteiger partial charge is 0.267 e. The van der Waals surface area contributed by atoms with Gasteiger partial charge >= 0.3 is 0 Å². The van der Waals surface area contributed by atoms with Gasteiger partial charge in [0.25, 0.3) is 11.5 Å². The summed E-state index contributed by atoms with van der Waals surface area (Å²) < 4.78 is 3.33. The Morgan fingerprint density at radius 2 is 2.00 bits per heavy atom. The molecule has 1 amide bonds. The molecule has 0 spiro atoms. The maximum atomic E-state index is 13.2. The molecule has 3 heterocycles. The van der Waals surface area contributed by atoms with Gasteiger partial charge in [0.05, 0.1) is 10.9 Å². The molecule has 1 fully saturated rings. The van der Waals surface area contributed by atoms with E-state index in [-0.39, 0.29) is 28.6 Å². The molecule has 1 aliphatic carbocycles. The van der Waals surface area contributed by atoms with E-state index in [2.05, 4.69) is 5.32 Å².